The van der Waals surface area contributed by atoms with Crippen LogP contribution in [0.1, 0.15) is 74.8 Å². The van der Waals surface area contributed by atoms with Crippen molar-refractivity contribution in [3.8, 4) is 6.07 Å². The van der Waals surface area contributed by atoms with Crippen molar-refractivity contribution in [2.24, 2.45) is 0 Å². The van der Waals surface area contributed by atoms with Crippen LogP contribution in [0.25, 0.3) is 0 Å². The van der Waals surface area contributed by atoms with Crippen LogP contribution in [-0.2, 0) is 17.8 Å². The van der Waals surface area contributed by atoms with Crippen LogP contribution in [0.4, 0.5) is 11.5 Å². The molecule has 10 nitrogen and oxygen atoms in total. The minimum Gasteiger partial charge on any atom is -0.383 e. The summed E-state index contributed by atoms with van der Waals surface area (Å²) in [5.74, 6) is -0.340. The quantitative estimate of drug-likeness (QED) is 0.427. The summed E-state index contributed by atoms with van der Waals surface area (Å²) >= 11 is 0. The fraction of sp³-hybridized carbons (Fsp3) is 0.542. The highest BCUT2D eigenvalue weighted by atomic mass is 16.2. The molecule has 0 saturated heterocycles. The van der Waals surface area contributed by atoms with E-state index in [0.717, 1.165) is 19.3 Å². The highest BCUT2D eigenvalue weighted by Gasteiger charge is 2.24. The van der Waals surface area contributed by atoms with Gasteiger partial charge in [0.05, 0.1) is 0 Å². The molecule has 0 saturated carbocycles. The molecule has 0 aliphatic carbocycles. The second-order valence-corrected chi connectivity index (χ2v) is 8.42. The molecule has 4 N–H and O–H groups in total. The van der Waals surface area contributed by atoms with Crippen LogP contribution in [0.2, 0.25) is 0 Å². The largest absolute Gasteiger partial charge is 0.383 e. The molecule has 0 aliphatic heterocycles. The zero-order valence-electron chi connectivity index (χ0n) is 20.4. The van der Waals surface area contributed by atoms with Crippen LogP contribution in [0.3, 0.4) is 0 Å². The Kier molecular flexibility index (Phi) is 9.42. The van der Waals surface area contributed by atoms with Gasteiger partial charge in [-0.15, -0.1) is 0 Å². The lowest BCUT2D eigenvalue weighted by Gasteiger charge is -2.25. The summed E-state index contributed by atoms with van der Waals surface area (Å²) in [4.78, 5) is 56.8. The average Bonchev–Trinajstić information content (AvgIpc) is 2.77. The smallest absolute Gasteiger partial charge is 0.330 e. The number of unbranched alkanes of at least 4 members (excludes halogenated alkanes) is 3. The Balaban J connectivity index is 2.44. The van der Waals surface area contributed by atoms with Crippen molar-refractivity contribution in [1.82, 2.24) is 14.5 Å². The number of hydrogen-bond acceptors (Lipinski definition) is 6. The fourth-order valence-electron chi connectivity index (χ4n) is 4.04. The summed E-state index contributed by atoms with van der Waals surface area (Å²) in [6.07, 6.45) is 4.31. The van der Waals surface area contributed by atoms with Gasteiger partial charge in [-0.05, 0) is 44.2 Å². The number of carbonyl (C=O) groups excluding carboxylic acids is 1. The van der Waals surface area contributed by atoms with Crippen LogP contribution in [0.15, 0.2) is 14.4 Å². The van der Waals surface area contributed by atoms with Crippen molar-refractivity contribution < 1.29 is 4.79 Å². The maximum absolute atomic E-state index is 13.4. The van der Waals surface area contributed by atoms with Crippen molar-refractivity contribution >= 4 is 17.4 Å². The zero-order chi connectivity index (χ0) is 25.4. The van der Waals surface area contributed by atoms with Gasteiger partial charge in [-0.2, -0.15) is 5.26 Å². The third-order valence-corrected chi connectivity index (χ3v) is 6.01. The monoisotopic (exact) mass is 470 g/mol. The first kappa shape index (κ1) is 26.6. The number of H-pyrrole nitrogens is 2. The number of nitrogens with zero attached hydrogens (tertiary/aromatic N) is 3. The second kappa shape index (κ2) is 12.0. The first-order valence-corrected chi connectivity index (χ1v) is 11.7. The Labute approximate surface area is 198 Å². The molecule has 0 aromatic carbocycles. The highest BCUT2D eigenvalue weighted by molar-refractivity contribution is 5.95. The number of carbonyl (C=O) groups is 1. The van der Waals surface area contributed by atoms with Crippen molar-refractivity contribution in [3.05, 3.63) is 53.6 Å². The molecule has 2 aromatic rings. The second-order valence-electron chi connectivity index (χ2n) is 8.42. The van der Waals surface area contributed by atoms with Crippen molar-refractivity contribution in [2.75, 3.05) is 17.2 Å². The number of amides is 1. The number of nitrogen functional groups attached to an aromatic ring is 1. The van der Waals surface area contributed by atoms with E-state index >= 15 is 0 Å². The van der Waals surface area contributed by atoms with Crippen LogP contribution in [-0.4, -0.2) is 27.0 Å². The molecule has 0 fully saturated rings. The van der Waals surface area contributed by atoms with E-state index in [0.29, 0.717) is 42.8 Å². The van der Waals surface area contributed by atoms with Crippen LogP contribution < -0.4 is 27.4 Å². The average molecular weight is 471 g/mol. The topological polar surface area (TPSA) is 158 Å². The van der Waals surface area contributed by atoms with Gasteiger partial charge < -0.3 is 15.6 Å². The number of pyridine rings is 1. The van der Waals surface area contributed by atoms with Crippen molar-refractivity contribution in [2.45, 2.75) is 79.2 Å². The number of aromatic nitrogens is 3. The minimum atomic E-state index is -0.691. The van der Waals surface area contributed by atoms with E-state index in [-0.39, 0.29) is 35.8 Å². The third kappa shape index (κ3) is 5.84. The SMILES string of the molecule is CCCCCN(C(=O)CCc1c(C)[nH]c(=O)c(C#N)c1C)c1c(N)n(CCCC)c(=O)[nH]c1=O. The van der Waals surface area contributed by atoms with Crippen molar-refractivity contribution in [3.63, 3.8) is 0 Å². The lowest BCUT2D eigenvalue weighted by atomic mass is 9.98. The number of anilines is 2. The summed E-state index contributed by atoms with van der Waals surface area (Å²) in [7, 11) is 0. The van der Waals surface area contributed by atoms with Gasteiger partial charge in [0, 0.05) is 25.2 Å². The summed E-state index contributed by atoms with van der Waals surface area (Å²) < 4.78 is 1.30. The molecule has 0 unspecified atom stereocenters. The van der Waals surface area contributed by atoms with Gasteiger partial charge in [0.25, 0.3) is 11.1 Å². The number of nitriles is 1. The fourth-order valence-corrected chi connectivity index (χ4v) is 4.04. The predicted octanol–water partition coefficient (Wildman–Crippen LogP) is 2.25. The van der Waals surface area contributed by atoms with Crippen LogP contribution in [0, 0.1) is 25.2 Å². The first-order chi connectivity index (χ1) is 16.2. The van der Waals surface area contributed by atoms with Gasteiger partial charge in [-0.3, -0.25) is 23.9 Å². The van der Waals surface area contributed by atoms with Crippen molar-refractivity contribution in [1.29, 1.82) is 5.26 Å². The number of hydrogen-bond donors (Lipinski definition) is 3. The number of aromatic amines is 2. The van der Waals surface area contributed by atoms with Gasteiger partial charge in [0.1, 0.15) is 17.5 Å². The number of nitrogens with two attached hydrogens (primary N) is 1. The molecule has 1 amide bonds. The molecule has 34 heavy (non-hydrogen) atoms. The van der Waals surface area contributed by atoms with E-state index in [1.165, 1.54) is 9.47 Å². The van der Waals surface area contributed by atoms with Gasteiger partial charge in [-0.25, -0.2) is 4.79 Å². The molecule has 0 aliphatic rings. The van der Waals surface area contributed by atoms with Crippen LogP contribution in [0.5, 0.6) is 0 Å². The Morgan fingerprint density at radius 2 is 1.74 bits per heavy atom. The zero-order valence-corrected chi connectivity index (χ0v) is 20.4. The standard InChI is InChI=1S/C24H34N6O4/c1-5-7-9-13-29(20-21(26)30(12-8-6-2)24(34)28-23(20)33)19(31)11-10-17-15(3)18(14-25)22(32)27-16(17)4/h5-13,26H2,1-4H3,(H,27,32)(H,28,33,34). The highest BCUT2D eigenvalue weighted by Crippen LogP contribution is 2.21. The van der Waals surface area contributed by atoms with E-state index in [9.17, 15) is 24.4 Å². The summed E-state index contributed by atoms with van der Waals surface area (Å²) in [5, 5.41) is 9.30. The molecule has 184 valence electrons. The summed E-state index contributed by atoms with van der Waals surface area (Å²) in [6, 6.07) is 1.91. The van der Waals surface area contributed by atoms with Gasteiger partial charge >= 0.3 is 5.69 Å². The van der Waals surface area contributed by atoms with E-state index in [4.69, 9.17) is 5.73 Å². The van der Waals surface area contributed by atoms with Gasteiger partial charge in [0.2, 0.25) is 5.91 Å². The lowest BCUT2D eigenvalue weighted by molar-refractivity contribution is -0.118. The molecular formula is C24H34N6O4. The number of nitrogens with one attached hydrogen (secondary N) is 2. The van der Waals surface area contributed by atoms with Gasteiger partial charge in [-0.1, -0.05) is 33.1 Å². The maximum atomic E-state index is 13.4. The lowest BCUT2D eigenvalue weighted by Crippen LogP contribution is -2.41. The number of rotatable bonds is 11. The molecule has 0 bridgehead atoms. The Morgan fingerprint density at radius 3 is 2.35 bits per heavy atom. The first-order valence-electron chi connectivity index (χ1n) is 11.7. The minimum absolute atomic E-state index is 0.00978. The maximum Gasteiger partial charge on any atom is 0.330 e. The Bertz CT molecular complexity index is 1250. The molecule has 10 heteroatoms. The molecular weight excluding hydrogens is 436 g/mol. The van der Waals surface area contributed by atoms with E-state index in [2.05, 4.69) is 9.97 Å². The van der Waals surface area contributed by atoms with Crippen LogP contribution >= 0.6 is 0 Å². The van der Waals surface area contributed by atoms with E-state index in [1.54, 1.807) is 13.8 Å². The third-order valence-electron chi connectivity index (χ3n) is 6.01. The molecule has 0 atom stereocenters. The molecule has 2 heterocycles. The molecule has 0 spiro atoms. The van der Waals surface area contributed by atoms with Gasteiger partial charge in [0.15, 0.2) is 5.69 Å². The normalized spacial score (nSPS) is 10.8. The summed E-state index contributed by atoms with van der Waals surface area (Å²) in [6.45, 7) is 8.06. The molecule has 2 aromatic heterocycles. The molecule has 0 radical (unpaired) electrons. The predicted molar refractivity (Wildman–Crippen MR) is 132 cm³/mol. The Morgan fingerprint density at radius 1 is 1.06 bits per heavy atom. The van der Waals surface area contributed by atoms with E-state index in [1.807, 2.05) is 19.9 Å². The van der Waals surface area contributed by atoms with E-state index < -0.39 is 16.8 Å². The number of aryl methyl sites for hydroxylation is 1. The summed E-state index contributed by atoms with van der Waals surface area (Å²) in [5.41, 5.74) is 6.38. The molecule has 2 rings (SSSR count). The Hall–Kier alpha value is -3.61.